The van der Waals surface area contributed by atoms with Crippen LogP contribution in [-0.4, -0.2) is 32.9 Å². The number of sulfone groups is 1. The van der Waals surface area contributed by atoms with Crippen molar-refractivity contribution < 1.29 is 17.9 Å². The molecule has 0 aliphatic carbocycles. The van der Waals surface area contributed by atoms with Crippen LogP contribution >= 0.6 is 0 Å². The molecule has 0 aromatic heterocycles. The van der Waals surface area contributed by atoms with Crippen molar-refractivity contribution in [2.24, 2.45) is 5.92 Å². The van der Waals surface area contributed by atoms with Gasteiger partial charge in [-0.2, -0.15) is 0 Å². The quantitative estimate of drug-likeness (QED) is 0.891. The van der Waals surface area contributed by atoms with Crippen LogP contribution in [0.4, 0.5) is 5.69 Å². The summed E-state index contributed by atoms with van der Waals surface area (Å²) < 4.78 is 28.5. The Kier molecular flexibility index (Phi) is 5.08. The van der Waals surface area contributed by atoms with E-state index in [0.29, 0.717) is 18.5 Å². The number of carbonyl (C=O) groups is 1. The molecule has 0 spiro atoms. The number of methoxy groups -OCH3 is 1. The number of rotatable bonds is 5. The number of benzene rings is 2. The highest BCUT2D eigenvalue weighted by molar-refractivity contribution is 7.91. The zero-order chi connectivity index (χ0) is 17.9. The maximum Gasteiger partial charge on any atom is 0.228 e. The van der Waals surface area contributed by atoms with E-state index < -0.39 is 15.8 Å². The van der Waals surface area contributed by atoms with Crippen LogP contribution in [0.25, 0.3) is 0 Å². The molecule has 0 unspecified atom stereocenters. The van der Waals surface area contributed by atoms with E-state index in [1.54, 1.807) is 13.2 Å². The van der Waals surface area contributed by atoms with Crippen molar-refractivity contribution in [2.45, 2.75) is 12.8 Å². The van der Waals surface area contributed by atoms with E-state index in [-0.39, 0.29) is 17.4 Å². The lowest BCUT2D eigenvalue weighted by atomic mass is 10.0. The Labute approximate surface area is 147 Å². The molecule has 1 aliphatic rings. The van der Waals surface area contributed by atoms with E-state index in [9.17, 15) is 13.2 Å². The Balaban J connectivity index is 1.76. The zero-order valence-corrected chi connectivity index (χ0v) is 14.9. The Morgan fingerprint density at radius 1 is 1.20 bits per heavy atom. The van der Waals surface area contributed by atoms with Gasteiger partial charge in [0.1, 0.15) is 5.75 Å². The molecule has 6 heteroatoms. The van der Waals surface area contributed by atoms with Crippen molar-refractivity contribution in [3.8, 4) is 5.75 Å². The Hall–Kier alpha value is -2.34. The third-order valence-electron chi connectivity index (χ3n) is 4.39. The third-order valence-corrected chi connectivity index (χ3v) is 6.16. The van der Waals surface area contributed by atoms with Gasteiger partial charge in [-0.05, 0) is 30.2 Å². The highest BCUT2D eigenvalue weighted by Crippen LogP contribution is 2.26. The van der Waals surface area contributed by atoms with E-state index in [1.165, 1.54) is 0 Å². The molecule has 3 rings (SSSR count). The summed E-state index contributed by atoms with van der Waals surface area (Å²) in [6.45, 7) is 0. The third kappa shape index (κ3) is 4.39. The molecule has 2 aromatic carbocycles. The fourth-order valence-corrected chi connectivity index (χ4v) is 4.80. The molecular formula is C19H21NO4S. The minimum Gasteiger partial charge on any atom is -0.496 e. The summed E-state index contributed by atoms with van der Waals surface area (Å²) in [7, 11) is -1.46. The van der Waals surface area contributed by atoms with Gasteiger partial charge in [0, 0.05) is 17.7 Å². The maximum absolute atomic E-state index is 12.3. The van der Waals surface area contributed by atoms with E-state index in [1.807, 2.05) is 42.5 Å². The summed E-state index contributed by atoms with van der Waals surface area (Å²) in [5, 5.41) is 2.84. The fourth-order valence-electron chi connectivity index (χ4n) is 3.06. The first kappa shape index (κ1) is 17.5. The summed E-state index contributed by atoms with van der Waals surface area (Å²) in [6.07, 6.45) is 1.08. The predicted molar refractivity (Wildman–Crippen MR) is 97.6 cm³/mol. The van der Waals surface area contributed by atoms with Crippen LogP contribution in [0, 0.1) is 5.92 Å². The van der Waals surface area contributed by atoms with Crippen LogP contribution in [0.3, 0.4) is 0 Å². The number of amides is 1. The highest BCUT2D eigenvalue weighted by atomic mass is 32.2. The average molecular weight is 359 g/mol. The van der Waals surface area contributed by atoms with E-state index in [4.69, 9.17) is 4.74 Å². The van der Waals surface area contributed by atoms with Gasteiger partial charge in [0.15, 0.2) is 9.84 Å². The molecule has 1 atom stereocenters. The van der Waals surface area contributed by atoms with Gasteiger partial charge in [0.25, 0.3) is 0 Å². The number of anilines is 1. The minimum absolute atomic E-state index is 0.0636. The van der Waals surface area contributed by atoms with Gasteiger partial charge in [0.05, 0.1) is 24.5 Å². The molecule has 1 N–H and O–H groups in total. The fraction of sp³-hybridized carbons (Fsp3) is 0.316. The molecule has 2 aromatic rings. The first-order valence-electron chi connectivity index (χ1n) is 8.19. The molecule has 1 heterocycles. The molecule has 132 valence electrons. The lowest BCUT2D eigenvalue weighted by Gasteiger charge is -2.13. The predicted octanol–water partition coefficient (Wildman–Crippen LogP) is 2.66. The van der Waals surface area contributed by atoms with Crippen molar-refractivity contribution in [1.29, 1.82) is 0 Å². The smallest absolute Gasteiger partial charge is 0.228 e. The topological polar surface area (TPSA) is 72.5 Å². The molecule has 5 nitrogen and oxygen atoms in total. The SMILES string of the molecule is COc1ccc(NC(=O)[C@H]2CCS(=O)(=O)C2)cc1Cc1ccccc1. The van der Waals surface area contributed by atoms with Gasteiger partial charge >= 0.3 is 0 Å². The van der Waals surface area contributed by atoms with Gasteiger partial charge in [0.2, 0.25) is 5.91 Å². The first-order chi connectivity index (χ1) is 12.0. The summed E-state index contributed by atoms with van der Waals surface area (Å²) in [5.74, 6) is 0.0746. The molecule has 25 heavy (non-hydrogen) atoms. The highest BCUT2D eigenvalue weighted by Gasteiger charge is 2.32. The molecular weight excluding hydrogens is 338 g/mol. The molecule has 1 aliphatic heterocycles. The van der Waals surface area contributed by atoms with Crippen LogP contribution in [-0.2, 0) is 21.1 Å². The lowest BCUT2D eigenvalue weighted by molar-refractivity contribution is -0.119. The average Bonchev–Trinajstić information content (AvgIpc) is 2.96. The maximum atomic E-state index is 12.3. The van der Waals surface area contributed by atoms with Crippen LogP contribution in [0.2, 0.25) is 0 Å². The van der Waals surface area contributed by atoms with E-state index >= 15 is 0 Å². The normalized spacial score (nSPS) is 18.7. The van der Waals surface area contributed by atoms with Gasteiger partial charge in [-0.15, -0.1) is 0 Å². The Bertz CT molecular complexity index is 862. The summed E-state index contributed by atoms with van der Waals surface area (Å²) in [4.78, 5) is 12.3. The van der Waals surface area contributed by atoms with Crippen molar-refractivity contribution in [2.75, 3.05) is 23.9 Å². The van der Waals surface area contributed by atoms with E-state index in [0.717, 1.165) is 16.9 Å². The number of carbonyl (C=O) groups excluding carboxylic acids is 1. The number of nitrogens with one attached hydrogen (secondary N) is 1. The molecule has 1 amide bonds. The lowest BCUT2D eigenvalue weighted by Crippen LogP contribution is -2.23. The van der Waals surface area contributed by atoms with Gasteiger partial charge in [-0.1, -0.05) is 30.3 Å². The summed E-state index contributed by atoms with van der Waals surface area (Å²) >= 11 is 0. The first-order valence-corrected chi connectivity index (χ1v) is 10.0. The molecule has 0 saturated carbocycles. The van der Waals surface area contributed by atoms with E-state index in [2.05, 4.69) is 5.32 Å². The number of hydrogen-bond donors (Lipinski definition) is 1. The standard InChI is InChI=1S/C19H21NO4S/c1-24-18-8-7-17(12-16(18)11-14-5-3-2-4-6-14)20-19(21)15-9-10-25(22,23)13-15/h2-8,12,15H,9-11,13H2,1H3,(H,20,21)/t15-/m0/s1. The van der Waals surface area contributed by atoms with Crippen LogP contribution in [0.1, 0.15) is 17.5 Å². The zero-order valence-electron chi connectivity index (χ0n) is 14.1. The van der Waals surface area contributed by atoms with Crippen molar-refractivity contribution in [1.82, 2.24) is 0 Å². The monoisotopic (exact) mass is 359 g/mol. The number of hydrogen-bond acceptors (Lipinski definition) is 4. The van der Waals surface area contributed by atoms with Gasteiger partial charge in [-0.25, -0.2) is 8.42 Å². The molecule has 0 radical (unpaired) electrons. The van der Waals surface area contributed by atoms with Crippen molar-refractivity contribution in [3.05, 3.63) is 59.7 Å². The van der Waals surface area contributed by atoms with Crippen LogP contribution in [0.15, 0.2) is 48.5 Å². The second-order valence-electron chi connectivity index (χ2n) is 6.28. The Morgan fingerprint density at radius 3 is 2.60 bits per heavy atom. The van der Waals surface area contributed by atoms with Crippen molar-refractivity contribution >= 4 is 21.4 Å². The van der Waals surface area contributed by atoms with Crippen LogP contribution < -0.4 is 10.1 Å². The van der Waals surface area contributed by atoms with Gasteiger partial charge < -0.3 is 10.1 Å². The number of ether oxygens (including phenoxy) is 1. The Morgan fingerprint density at radius 2 is 1.96 bits per heavy atom. The minimum atomic E-state index is -3.07. The molecule has 1 fully saturated rings. The van der Waals surface area contributed by atoms with Crippen molar-refractivity contribution in [3.63, 3.8) is 0 Å². The molecule has 0 bridgehead atoms. The molecule has 1 saturated heterocycles. The second-order valence-corrected chi connectivity index (χ2v) is 8.51. The summed E-state index contributed by atoms with van der Waals surface area (Å²) in [6, 6.07) is 15.5. The largest absolute Gasteiger partial charge is 0.496 e. The van der Waals surface area contributed by atoms with Crippen LogP contribution in [0.5, 0.6) is 5.75 Å². The van der Waals surface area contributed by atoms with Gasteiger partial charge in [-0.3, -0.25) is 4.79 Å². The second kappa shape index (κ2) is 7.27. The summed E-state index contributed by atoms with van der Waals surface area (Å²) in [5.41, 5.74) is 2.76.